The Labute approximate surface area is 185 Å². The van der Waals surface area contributed by atoms with E-state index in [-0.39, 0.29) is 16.2 Å². The summed E-state index contributed by atoms with van der Waals surface area (Å²) in [5.74, 6) is 1.46. The van der Waals surface area contributed by atoms with Crippen molar-refractivity contribution in [1.29, 1.82) is 5.26 Å². The van der Waals surface area contributed by atoms with Crippen LogP contribution in [0.2, 0.25) is 0 Å². The van der Waals surface area contributed by atoms with Gasteiger partial charge < -0.3 is 9.47 Å². The summed E-state index contributed by atoms with van der Waals surface area (Å²) in [7, 11) is -3.81. The van der Waals surface area contributed by atoms with E-state index in [1.165, 1.54) is 13.8 Å². The van der Waals surface area contributed by atoms with Crippen LogP contribution in [0.3, 0.4) is 0 Å². The Morgan fingerprint density at radius 2 is 1.81 bits per heavy atom. The second-order valence-corrected chi connectivity index (χ2v) is 12.5. The normalized spacial score (nSPS) is 16.5. The highest BCUT2D eigenvalue weighted by Crippen LogP contribution is 2.32. The van der Waals surface area contributed by atoms with E-state index in [4.69, 9.17) is 4.98 Å². The van der Waals surface area contributed by atoms with Crippen molar-refractivity contribution in [1.82, 2.24) is 14.5 Å². The molecule has 0 spiro atoms. The van der Waals surface area contributed by atoms with Crippen LogP contribution < -0.4 is 0 Å². The van der Waals surface area contributed by atoms with Gasteiger partial charge in [-0.15, -0.1) is 0 Å². The smallest absolute Gasteiger partial charge is 0.219 e. The summed E-state index contributed by atoms with van der Waals surface area (Å²) in [5, 5.41) is 9.32. The van der Waals surface area contributed by atoms with Crippen molar-refractivity contribution in [3.05, 3.63) is 24.0 Å². The average Bonchev–Trinajstić information content (AvgIpc) is 3.06. The first-order valence-corrected chi connectivity index (χ1v) is 12.2. The second kappa shape index (κ2) is 7.94. The topological polar surface area (TPSA) is 96.1 Å². The Balaban J connectivity index is 2.02. The Morgan fingerprint density at radius 1 is 1.19 bits per heavy atom. The van der Waals surface area contributed by atoms with Gasteiger partial charge in [-0.25, -0.2) is 13.4 Å². The van der Waals surface area contributed by atoms with Gasteiger partial charge in [0.15, 0.2) is 14.6 Å². The van der Waals surface area contributed by atoms with E-state index in [1.807, 2.05) is 17.0 Å². The van der Waals surface area contributed by atoms with E-state index in [2.05, 4.69) is 25.3 Å². The van der Waals surface area contributed by atoms with Gasteiger partial charge in [0.25, 0.3) is 0 Å². The number of carbonyl (C=O) groups is 1. The number of fused-ring (bicyclic) bond motifs is 1. The number of nitrogens with zero attached hydrogens (tertiary/aromatic N) is 4. The van der Waals surface area contributed by atoms with Crippen molar-refractivity contribution in [2.75, 3.05) is 13.1 Å². The zero-order chi connectivity index (χ0) is 23.2. The van der Waals surface area contributed by atoms with Crippen molar-refractivity contribution in [3.63, 3.8) is 0 Å². The minimum atomic E-state index is -3.81. The number of likely N-dealkylation sites (tertiary alicyclic amines) is 1. The average molecular weight is 445 g/mol. The van der Waals surface area contributed by atoms with Crippen LogP contribution in [0.1, 0.15) is 60.2 Å². The van der Waals surface area contributed by atoms with Gasteiger partial charge in [0, 0.05) is 32.0 Å². The minimum Gasteiger partial charge on any atom is -0.343 e. The summed E-state index contributed by atoms with van der Waals surface area (Å²) in [5.41, 5.74) is 1.30. The van der Waals surface area contributed by atoms with Gasteiger partial charge in [0.05, 0.1) is 22.0 Å². The largest absolute Gasteiger partial charge is 0.343 e. The fourth-order valence-corrected chi connectivity index (χ4v) is 5.30. The van der Waals surface area contributed by atoms with Crippen molar-refractivity contribution in [3.8, 4) is 6.07 Å². The lowest BCUT2D eigenvalue weighted by Gasteiger charge is -2.32. The van der Waals surface area contributed by atoms with Gasteiger partial charge in [-0.2, -0.15) is 5.26 Å². The summed E-state index contributed by atoms with van der Waals surface area (Å²) in [6.07, 6.45) is 1.87. The summed E-state index contributed by atoms with van der Waals surface area (Å²) in [6, 6.07) is 6.88. The van der Waals surface area contributed by atoms with Gasteiger partial charge in [0.2, 0.25) is 5.91 Å². The number of amides is 1. The van der Waals surface area contributed by atoms with Crippen LogP contribution in [-0.2, 0) is 26.6 Å². The molecule has 31 heavy (non-hydrogen) atoms. The van der Waals surface area contributed by atoms with Gasteiger partial charge in [-0.05, 0) is 50.8 Å². The molecule has 7 nitrogen and oxygen atoms in total. The fraction of sp³-hybridized carbons (Fsp3) is 0.609. The highest BCUT2D eigenvalue weighted by atomic mass is 32.2. The third-order valence-corrected chi connectivity index (χ3v) is 8.45. The predicted octanol–water partition coefficient (Wildman–Crippen LogP) is 3.67. The minimum absolute atomic E-state index is 0.117. The molecule has 0 saturated carbocycles. The van der Waals surface area contributed by atoms with E-state index in [1.54, 1.807) is 19.1 Å². The highest BCUT2D eigenvalue weighted by Gasteiger charge is 2.36. The molecule has 1 aliphatic heterocycles. The summed E-state index contributed by atoms with van der Waals surface area (Å²) in [4.78, 5) is 18.5. The maximum atomic E-state index is 12.9. The number of benzene rings is 1. The van der Waals surface area contributed by atoms with Gasteiger partial charge in [0.1, 0.15) is 5.82 Å². The SMILES string of the molecule is CC(=O)N1CCC(Cn2c(C(C)(C)C)nc3cc(S(=O)(=O)C(C)(C)C#N)ccc32)CC1. The molecule has 3 rings (SSSR count). The molecule has 0 bridgehead atoms. The molecule has 0 unspecified atom stereocenters. The quantitative estimate of drug-likeness (QED) is 0.717. The Hall–Kier alpha value is -2.40. The summed E-state index contributed by atoms with van der Waals surface area (Å²) < 4.78 is 26.6. The Kier molecular flexibility index (Phi) is 5.96. The number of aromatic nitrogens is 2. The zero-order valence-electron chi connectivity index (χ0n) is 19.3. The molecule has 168 valence electrons. The fourth-order valence-electron chi connectivity index (χ4n) is 4.08. The molecule has 0 atom stereocenters. The van der Waals surface area contributed by atoms with Crippen LogP contribution in [-0.4, -0.2) is 46.6 Å². The van der Waals surface area contributed by atoms with Crippen LogP contribution in [0, 0.1) is 17.2 Å². The Bertz CT molecular complexity index is 1140. The van der Waals surface area contributed by atoms with Crippen molar-refractivity contribution in [2.45, 2.75) is 76.0 Å². The van der Waals surface area contributed by atoms with E-state index in [0.29, 0.717) is 11.4 Å². The van der Waals surface area contributed by atoms with Crippen molar-refractivity contribution >= 4 is 26.8 Å². The molecule has 0 aliphatic carbocycles. The molecule has 1 amide bonds. The van der Waals surface area contributed by atoms with Crippen LogP contribution in [0.4, 0.5) is 0 Å². The van der Waals surface area contributed by atoms with Crippen LogP contribution in [0.5, 0.6) is 0 Å². The molecule has 1 saturated heterocycles. The third kappa shape index (κ3) is 4.33. The first-order valence-electron chi connectivity index (χ1n) is 10.7. The number of imidazole rings is 1. The molecule has 0 radical (unpaired) electrons. The molecule has 2 aromatic rings. The number of piperidine rings is 1. The molecular weight excluding hydrogens is 412 g/mol. The number of carbonyl (C=O) groups excluding carboxylic acids is 1. The molecule has 1 fully saturated rings. The summed E-state index contributed by atoms with van der Waals surface area (Å²) in [6.45, 7) is 13.0. The van der Waals surface area contributed by atoms with E-state index in [9.17, 15) is 18.5 Å². The number of hydrogen-bond acceptors (Lipinski definition) is 5. The van der Waals surface area contributed by atoms with Gasteiger partial charge in [-0.3, -0.25) is 4.79 Å². The number of hydrogen-bond donors (Lipinski definition) is 0. The molecule has 1 aliphatic rings. The lowest BCUT2D eigenvalue weighted by molar-refractivity contribution is -0.130. The van der Waals surface area contributed by atoms with E-state index < -0.39 is 14.6 Å². The van der Waals surface area contributed by atoms with E-state index in [0.717, 1.165) is 43.8 Å². The highest BCUT2D eigenvalue weighted by molar-refractivity contribution is 7.93. The van der Waals surface area contributed by atoms with Crippen LogP contribution >= 0.6 is 0 Å². The summed E-state index contributed by atoms with van der Waals surface area (Å²) >= 11 is 0. The van der Waals surface area contributed by atoms with Crippen molar-refractivity contribution < 1.29 is 13.2 Å². The first kappa shape index (κ1) is 23.3. The van der Waals surface area contributed by atoms with Gasteiger partial charge in [-0.1, -0.05) is 20.8 Å². The van der Waals surface area contributed by atoms with Gasteiger partial charge >= 0.3 is 0 Å². The maximum absolute atomic E-state index is 12.9. The molecule has 1 aromatic heterocycles. The lowest BCUT2D eigenvalue weighted by Crippen LogP contribution is -2.38. The molecule has 2 heterocycles. The van der Waals surface area contributed by atoms with Crippen LogP contribution in [0.25, 0.3) is 11.0 Å². The third-order valence-electron chi connectivity index (χ3n) is 6.14. The standard InChI is InChI=1S/C23H32N4O3S/c1-16(28)26-11-9-17(10-12-26)14-27-20-8-7-18(31(29,30)23(5,6)15-24)13-19(20)25-21(27)22(2,3)4/h7-8,13,17H,9-12,14H2,1-6H3. The molecule has 1 aromatic carbocycles. The van der Waals surface area contributed by atoms with Crippen LogP contribution in [0.15, 0.2) is 23.1 Å². The number of rotatable bonds is 4. The molecule has 0 N–H and O–H groups in total. The van der Waals surface area contributed by atoms with E-state index >= 15 is 0 Å². The molecular formula is C23H32N4O3S. The second-order valence-electron chi connectivity index (χ2n) is 10.0. The van der Waals surface area contributed by atoms with Crippen molar-refractivity contribution in [2.24, 2.45) is 5.92 Å². The lowest BCUT2D eigenvalue weighted by atomic mass is 9.93. The number of nitriles is 1. The Morgan fingerprint density at radius 3 is 2.32 bits per heavy atom. The maximum Gasteiger partial charge on any atom is 0.219 e. The molecule has 8 heteroatoms. The predicted molar refractivity (Wildman–Crippen MR) is 120 cm³/mol. The monoisotopic (exact) mass is 444 g/mol. The first-order chi connectivity index (χ1) is 14.3. The number of sulfone groups is 1. The zero-order valence-corrected chi connectivity index (χ0v) is 20.1.